The van der Waals surface area contributed by atoms with Gasteiger partial charge in [-0.2, -0.15) is 0 Å². The van der Waals surface area contributed by atoms with E-state index < -0.39 is 5.60 Å². The molecule has 0 bridgehead atoms. The predicted molar refractivity (Wildman–Crippen MR) is 81.4 cm³/mol. The lowest BCUT2D eigenvalue weighted by Gasteiger charge is -2.24. The fraction of sp³-hybridized carbons (Fsp3) is 0.625. The molecule has 0 aliphatic carbocycles. The van der Waals surface area contributed by atoms with Crippen LogP contribution in [0.25, 0.3) is 0 Å². The highest BCUT2D eigenvalue weighted by Crippen LogP contribution is 2.25. The monoisotopic (exact) mass is 281 g/mol. The third-order valence-electron chi connectivity index (χ3n) is 3.33. The van der Waals surface area contributed by atoms with Gasteiger partial charge in [0.2, 0.25) is 0 Å². The number of methoxy groups -OCH3 is 2. The van der Waals surface area contributed by atoms with E-state index in [9.17, 15) is 5.11 Å². The maximum Gasteiger partial charge on any atom is 0.122 e. The van der Waals surface area contributed by atoms with Crippen molar-refractivity contribution in [2.24, 2.45) is 0 Å². The summed E-state index contributed by atoms with van der Waals surface area (Å²) in [7, 11) is 3.34. The molecule has 0 heterocycles. The first-order valence-corrected chi connectivity index (χ1v) is 7.04. The van der Waals surface area contributed by atoms with Gasteiger partial charge in [-0.1, -0.05) is 17.7 Å². The summed E-state index contributed by atoms with van der Waals surface area (Å²) >= 11 is 0. The summed E-state index contributed by atoms with van der Waals surface area (Å²) < 4.78 is 10.3. The van der Waals surface area contributed by atoms with Crippen LogP contribution in [-0.2, 0) is 11.2 Å². The van der Waals surface area contributed by atoms with E-state index in [1.807, 2.05) is 26.0 Å². The Kier molecular flexibility index (Phi) is 6.99. The van der Waals surface area contributed by atoms with Crippen molar-refractivity contribution in [1.82, 2.24) is 5.32 Å². The molecule has 114 valence electrons. The van der Waals surface area contributed by atoms with Crippen LogP contribution in [-0.4, -0.2) is 44.6 Å². The van der Waals surface area contributed by atoms with Crippen LogP contribution in [0.5, 0.6) is 5.75 Å². The second-order valence-corrected chi connectivity index (χ2v) is 5.48. The van der Waals surface area contributed by atoms with E-state index >= 15 is 0 Å². The minimum absolute atomic E-state index is 0.587. The second kappa shape index (κ2) is 8.25. The van der Waals surface area contributed by atoms with Crippen LogP contribution in [0.2, 0.25) is 0 Å². The van der Waals surface area contributed by atoms with Crippen molar-refractivity contribution in [3.05, 3.63) is 29.3 Å². The second-order valence-electron chi connectivity index (χ2n) is 5.48. The van der Waals surface area contributed by atoms with Gasteiger partial charge >= 0.3 is 0 Å². The van der Waals surface area contributed by atoms with Gasteiger partial charge in [0, 0.05) is 20.1 Å². The van der Waals surface area contributed by atoms with Crippen LogP contribution in [0, 0.1) is 6.92 Å². The zero-order chi connectivity index (χ0) is 15.0. The molecule has 1 aromatic carbocycles. The average molecular weight is 281 g/mol. The predicted octanol–water partition coefficient (Wildman–Crippen LogP) is 1.92. The maximum absolute atomic E-state index is 10.5. The average Bonchev–Trinajstić information content (AvgIpc) is 2.38. The Morgan fingerprint density at radius 1 is 1.25 bits per heavy atom. The minimum atomic E-state index is -0.749. The van der Waals surface area contributed by atoms with Crippen molar-refractivity contribution in [2.75, 3.05) is 33.9 Å². The Morgan fingerprint density at radius 2 is 2.00 bits per heavy atom. The van der Waals surface area contributed by atoms with Crippen LogP contribution in [0.15, 0.2) is 18.2 Å². The summed E-state index contributed by atoms with van der Waals surface area (Å²) in [5.74, 6) is 0.836. The van der Waals surface area contributed by atoms with Gasteiger partial charge in [0.15, 0.2) is 0 Å². The lowest BCUT2D eigenvalue weighted by atomic mass is 9.92. The van der Waals surface area contributed by atoms with Gasteiger partial charge in [0.05, 0.1) is 19.3 Å². The van der Waals surface area contributed by atoms with E-state index in [2.05, 4.69) is 11.4 Å². The molecule has 0 aliphatic heterocycles. The first-order chi connectivity index (χ1) is 9.48. The first-order valence-electron chi connectivity index (χ1n) is 7.04. The van der Waals surface area contributed by atoms with Crippen molar-refractivity contribution in [1.29, 1.82) is 0 Å². The number of nitrogens with one attached hydrogen (secondary N) is 1. The molecule has 0 saturated carbocycles. The van der Waals surface area contributed by atoms with Crippen LogP contribution in [0.3, 0.4) is 0 Å². The van der Waals surface area contributed by atoms with Gasteiger partial charge in [-0.25, -0.2) is 0 Å². The van der Waals surface area contributed by atoms with Crippen molar-refractivity contribution in [2.45, 2.75) is 32.3 Å². The molecule has 4 nitrogen and oxygen atoms in total. The minimum Gasteiger partial charge on any atom is -0.496 e. The number of ether oxygens (including phenoxy) is 2. The number of hydrogen-bond donors (Lipinski definition) is 2. The molecule has 1 unspecified atom stereocenters. The van der Waals surface area contributed by atoms with E-state index in [4.69, 9.17) is 9.47 Å². The van der Waals surface area contributed by atoms with Crippen LogP contribution < -0.4 is 10.1 Å². The molecule has 4 heteroatoms. The lowest BCUT2D eigenvalue weighted by Crippen LogP contribution is -2.33. The van der Waals surface area contributed by atoms with Gasteiger partial charge in [0.1, 0.15) is 5.75 Å². The summed E-state index contributed by atoms with van der Waals surface area (Å²) in [6, 6.07) is 6.05. The van der Waals surface area contributed by atoms with Crippen LogP contribution in [0.4, 0.5) is 0 Å². The molecule has 0 radical (unpaired) electrons. The molecular weight excluding hydrogens is 254 g/mol. The summed E-state index contributed by atoms with van der Waals surface area (Å²) in [5, 5.41) is 13.8. The SMILES string of the molecule is COCCNCCC(C)(O)Cc1cc(C)ccc1OC. The Balaban J connectivity index is 2.54. The summed E-state index contributed by atoms with van der Waals surface area (Å²) in [4.78, 5) is 0. The van der Waals surface area contributed by atoms with Gasteiger partial charge in [-0.05, 0) is 38.4 Å². The third-order valence-corrected chi connectivity index (χ3v) is 3.33. The highest BCUT2D eigenvalue weighted by atomic mass is 16.5. The summed E-state index contributed by atoms with van der Waals surface area (Å²) in [6.07, 6.45) is 1.28. The van der Waals surface area contributed by atoms with Crippen LogP contribution in [0.1, 0.15) is 24.5 Å². The molecule has 1 aromatic rings. The molecule has 0 saturated heterocycles. The van der Waals surface area contributed by atoms with E-state index in [-0.39, 0.29) is 0 Å². The van der Waals surface area contributed by atoms with Gasteiger partial charge in [-0.3, -0.25) is 0 Å². The van der Waals surface area contributed by atoms with E-state index in [0.717, 1.165) is 24.4 Å². The molecular formula is C16H27NO3. The Bertz CT molecular complexity index is 405. The fourth-order valence-electron chi connectivity index (χ4n) is 2.20. The molecule has 0 aromatic heterocycles. The lowest BCUT2D eigenvalue weighted by molar-refractivity contribution is 0.0504. The molecule has 1 atom stereocenters. The Labute approximate surface area is 122 Å². The number of aryl methyl sites for hydroxylation is 1. The molecule has 0 aliphatic rings. The van der Waals surface area contributed by atoms with Gasteiger partial charge in [-0.15, -0.1) is 0 Å². The van der Waals surface area contributed by atoms with E-state index in [0.29, 0.717) is 19.4 Å². The van der Waals surface area contributed by atoms with Crippen LogP contribution >= 0.6 is 0 Å². The smallest absolute Gasteiger partial charge is 0.122 e. The Hall–Kier alpha value is -1.10. The standard InChI is InChI=1S/C16H27NO3/c1-13-5-6-15(20-4)14(11-13)12-16(2,18)7-8-17-9-10-19-3/h5-6,11,17-18H,7-10,12H2,1-4H3. The molecule has 0 fully saturated rings. The third kappa shape index (κ3) is 5.90. The largest absolute Gasteiger partial charge is 0.496 e. The molecule has 1 rings (SSSR count). The Morgan fingerprint density at radius 3 is 2.65 bits per heavy atom. The quantitative estimate of drug-likeness (QED) is 0.679. The molecule has 2 N–H and O–H groups in total. The fourth-order valence-corrected chi connectivity index (χ4v) is 2.20. The zero-order valence-electron chi connectivity index (χ0n) is 13.0. The molecule has 0 amide bonds. The maximum atomic E-state index is 10.5. The van der Waals surface area contributed by atoms with Gasteiger partial charge < -0.3 is 19.9 Å². The topological polar surface area (TPSA) is 50.7 Å². The molecule has 20 heavy (non-hydrogen) atoms. The normalized spacial score (nSPS) is 14.1. The van der Waals surface area contributed by atoms with Gasteiger partial charge in [0.25, 0.3) is 0 Å². The van der Waals surface area contributed by atoms with Crippen molar-refractivity contribution in [3.8, 4) is 5.75 Å². The number of rotatable bonds is 9. The summed E-state index contributed by atoms with van der Waals surface area (Å²) in [6.45, 7) is 6.18. The van der Waals surface area contributed by atoms with Crippen molar-refractivity contribution in [3.63, 3.8) is 0 Å². The highest BCUT2D eigenvalue weighted by molar-refractivity contribution is 5.37. The molecule has 0 spiro atoms. The number of hydrogen-bond acceptors (Lipinski definition) is 4. The first kappa shape index (κ1) is 17.0. The highest BCUT2D eigenvalue weighted by Gasteiger charge is 2.22. The number of benzene rings is 1. The van der Waals surface area contributed by atoms with Crippen molar-refractivity contribution >= 4 is 0 Å². The van der Waals surface area contributed by atoms with E-state index in [1.165, 1.54) is 5.56 Å². The summed E-state index contributed by atoms with van der Waals surface area (Å²) in [5.41, 5.74) is 1.48. The zero-order valence-corrected chi connectivity index (χ0v) is 13.0. The number of aliphatic hydroxyl groups is 1. The van der Waals surface area contributed by atoms with Crippen molar-refractivity contribution < 1.29 is 14.6 Å². The van der Waals surface area contributed by atoms with E-state index in [1.54, 1.807) is 14.2 Å².